The summed E-state index contributed by atoms with van der Waals surface area (Å²) in [5.41, 5.74) is 0.812. The summed E-state index contributed by atoms with van der Waals surface area (Å²) in [6.45, 7) is 9.66. The van der Waals surface area contributed by atoms with Crippen molar-refractivity contribution in [1.29, 1.82) is 0 Å². The van der Waals surface area contributed by atoms with Crippen LogP contribution in [-0.4, -0.2) is 56.9 Å². The average Bonchev–Trinajstić information content (AvgIpc) is 2.77. The fourth-order valence-electron chi connectivity index (χ4n) is 3.20. The summed E-state index contributed by atoms with van der Waals surface area (Å²) in [5, 5.41) is 16.7. The summed E-state index contributed by atoms with van der Waals surface area (Å²) in [6, 6.07) is 8.61. The molecule has 0 heterocycles. The van der Waals surface area contributed by atoms with Crippen molar-refractivity contribution in [2.45, 2.75) is 38.8 Å². The Morgan fingerprint density at radius 1 is 1.03 bits per heavy atom. The molecule has 38 heavy (non-hydrogen) atoms. The molecule has 0 radical (unpaired) electrons. The second kappa shape index (κ2) is 13.6. The van der Waals surface area contributed by atoms with Crippen molar-refractivity contribution in [1.82, 2.24) is 0 Å². The molecule has 0 bridgehead atoms. The fourth-order valence-corrected chi connectivity index (χ4v) is 4.61. The lowest BCUT2D eigenvalue weighted by Gasteiger charge is -2.30. The Bertz CT molecular complexity index is 1230. The van der Waals surface area contributed by atoms with E-state index in [0.29, 0.717) is 36.4 Å². The first-order valence-corrected chi connectivity index (χ1v) is 13.0. The van der Waals surface area contributed by atoms with Gasteiger partial charge in [0.15, 0.2) is 0 Å². The molecule has 212 valence electrons. The lowest BCUT2D eigenvalue weighted by molar-refractivity contribution is -0.192. The number of aliphatic carboxylic acids is 1. The van der Waals surface area contributed by atoms with Gasteiger partial charge in [0.25, 0.3) is 10.0 Å². The van der Waals surface area contributed by atoms with Crippen molar-refractivity contribution in [3.63, 3.8) is 0 Å². The maximum Gasteiger partial charge on any atom is 0.490 e. The molecular weight excluding hydrogens is 553 g/mol. The van der Waals surface area contributed by atoms with E-state index in [-0.39, 0.29) is 21.2 Å². The number of nitrogens with one attached hydrogen (secondary N) is 1. The predicted octanol–water partition coefficient (Wildman–Crippen LogP) is 5.60. The molecular formula is C24H30ClF3N2O7S. The van der Waals surface area contributed by atoms with E-state index in [2.05, 4.69) is 37.3 Å². The van der Waals surface area contributed by atoms with E-state index in [0.717, 1.165) is 0 Å². The topological polar surface area (TPSA) is 133 Å². The zero-order chi connectivity index (χ0) is 29.4. The van der Waals surface area contributed by atoms with Crippen molar-refractivity contribution in [3.8, 4) is 5.75 Å². The number of carbonyl (C=O) groups is 2. The van der Waals surface area contributed by atoms with E-state index >= 15 is 0 Å². The lowest BCUT2D eigenvalue weighted by Crippen LogP contribution is -2.32. The molecule has 0 aromatic heterocycles. The second-order valence-corrected chi connectivity index (χ2v) is 11.0. The van der Waals surface area contributed by atoms with Crippen LogP contribution in [0.4, 0.5) is 24.5 Å². The van der Waals surface area contributed by atoms with Crippen molar-refractivity contribution in [2.24, 2.45) is 11.8 Å². The molecule has 14 heteroatoms. The normalized spacial score (nSPS) is 11.6. The number of hydrogen-bond donors (Lipinski definition) is 3. The van der Waals surface area contributed by atoms with Gasteiger partial charge in [-0.25, -0.2) is 18.0 Å². The first-order chi connectivity index (χ1) is 17.4. The number of benzene rings is 2. The summed E-state index contributed by atoms with van der Waals surface area (Å²) in [5.74, 6) is -2.90. The molecule has 0 aliphatic heterocycles. The Kier molecular flexibility index (Phi) is 11.7. The van der Waals surface area contributed by atoms with E-state index in [1.165, 1.54) is 37.4 Å². The number of anilines is 2. The maximum atomic E-state index is 13.1. The van der Waals surface area contributed by atoms with Crippen molar-refractivity contribution in [2.75, 3.05) is 29.8 Å². The molecule has 2 rings (SSSR count). The molecule has 9 nitrogen and oxygen atoms in total. The molecule has 3 N–H and O–H groups in total. The van der Waals surface area contributed by atoms with E-state index in [4.69, 9.17) is 26.2 Å². The van der Waals surface area contributed by atoms with Crippen LogP contribution in [0.5, 0.6) is 5.75 Å². The van der Waals surface area contributed by atoms with Crippen LogP contribution in [0.3, 0.4) is 0 Å². The van der Waals surface area contributed by atoms with Gasteiger partial charge in [0.1, 0.15) is 5.75 Å². The molecule has 0 saturated carbocycles. The number of nitrogens with zero attached hydrogens (tertiary/aromatic N) is 1. The minimum atomic E-state index is -5.08. The van der Waals surface area contributed by atoms with Gasteiger partial charge in [-0.15, -0.1) is 0 Å². The number of halogens is 4. The van der Waals surface area contributed by atoms with Gasteiger partial charge in [-0.05, 0) is 48.2 Å². The predicted molar refractivity (Wildman–Crippen MR) is 138 cm³/mol. The van der Waals surface area contributed by atoms with Gasteiger partial charge < -0.3 is 19.8 Å². The molecule has 0 aliphatic rings. The summed E-state index contributed by atoms with van der Waals surface area (Å²) < 4.78 is 65.5. The third kappa shape index (κ3) is 9.93. The van der Waals surface area contributed by atoms with Crippen molar-refractivity contribution >= 4 is 44.9 Å². The van der Waals surface area contributed by atoms with Gasteiger partial charge in [0, 0.05) is 13.1 Å². The number of carboxylic acids is 2. The first kappa shape index (κ1) is 32.8. The minimum absolute atomic E-state index is 0.0109. The van der Waals surface area contributed by atoms with Crippen LogP contribution >= 0.6 is 11.6 Å². The molecule has 2 aromatic carbocycles. The summed E-state index contributed by atoms with van der Waals surface area (Å²) in [7, 11) is -2.59. The van der Waals surface area contributed by atoms with E-state index < -0.39 is 28.1 Å². The van der Waals surface area contributed by atoms with Crippen LogP contribution in [0.15, 0.2) is 41.3 Å². The fraction of sp³-hybridized carbons (Fsp3) is 0.417. The molecule has 0 unspecified atom stereocenters. The van der Waals surface area contributed by atoms with Crippen LogP contribution in [0, 0.1) is 11.8 Å². The summed E-state index contributed by atoms with van der Waals surface area (Å²) in [6.07, 6.45) is -5.08. The number of ether oxygens (including phenoxy) is 1. The highest BCUT2D eigenvalue weighted by atomic mass is 35.5. The average molecular weight is 583 g/mol. The minimum Gasteiger partial charge on any atom is -0.495 e. The number of aromatic carboxylic acids is 1. The van der Waals surface area contributed by atoms with Gasteiger partial charge in [0.2, 0.25) is 0 Å². The quantitative estimate of drug-likeness (QED) is 0.330. The molecule has 0 aliphatic carbocycles. The van der Waals surface area contributed by atoms with Crippen LogP contribution in [-0.2, 0) is 14.8 Å². The smallest absolute Gasteiger partial charge is 0.490 e. The number of rotatable bonds is 10. The number of carboxylic acid groups (broad SMARTS) is 2. The molecule has 2 aromatic rings. The van der Waals surface area contributed by atoms with E-state index in [1.807, 2.05) is 0 Å². The second-order valence-electron chi connectivity index (χ2n) is 8.93. The number of hydrogen-bond acceptors (Lipinski definition) is 6. The van der Waals surface area contributed by atoms with Crippen molar-refractivity contribution < 1.29 is 46.1 Å². The van der Waals surface area contributed by atoms with Gasteiger partial charge in [0.05, 0.1) is 34.0 Å². The zero-order valence-corrected chi connectivity index (χ0v) is 22.9. The SMILES string of the molecule is COc1ccc(S(=O)(=O)Nc2cc(C(=O)O)ccc2N(CC(C)C)CC(C)C)cc1Cl.O=C(O)C(F)(F)F. The Labute approximate surface area is 224 Å². The lowest BCUT2D eigenvalue weighted by atomic mass is 10.1. The monoisotopic (exact) mass is 582 g/mol. The third-order valence-corrected chi connectivity index (χ3v) is 6.33. The van der Waals surface area contributed by atoms with Crippen molar-refractivity contribution in [3.05, 3.63) is 47.0 Å². The Balaban J connectivity index is 0.000000905. The molecule has 0 amide bonds. The molecule has 0 saturated heterocycles. The maximum absolute atomic E-state index is 13.1. The molecule has 0 atom stereocenters. The molecule has 0 spiro atoms. The summed E-state index contributed by atoms with van der Waals surface area (Å²) >= 11 is 6.10. The summed E-state index contributed by atoms with van der Waals surface area (Å²) in [4.78, 5) is 22.4. The van der Waals surface area contributed by atoms with E-state index in [1.54, 1.807) is 6.07 Å². The Morgan fingerprint density at radius 2 is 1.55 bits per heavy atom. The third-order valence-electron chi connectivity index (χ3n) is 4.68. The van der Waals surface area contributed by atoms with Crippen LogP contribution in [0.2, 0.25) is 5.02 Å². The Hall–Kier alpha value is -3.19. The first-order valence-electron chi connectivity index (χ1n) is 11.2. The number of sulfonamides is 1. The van der Waals surface area contributed by atoms with Gasteiger partial charge >= 0.3 is 18.1 Å². The largest absolute Gasteiger partial charge is 0.495 e. The highest BCUT2D eigenvalue weighted by molar-refractivity contribution is 7.92. The molecule has 0 fully saturated rings. The van der Waals surface area contributed by atoms with Crippen LogP contribution in [0.25, 0.3) is 0 Å². The van der Waals surface area contributed by atoms with Gasteiger partial charge in [-0.3, -0.25) is 4.72 Å². The van der Waals surface area contributed by atoms with Gasteiger partial charge in [-0.1, -0.05) is 39.3 Å². The standard InChI is InChI=1S/C22H29ClN2O5S.C2HF3O2/c1-14(2)12-25(13-15(3)4)20-8-6-16(22(26)27)10-19(20)24-31(28,29)17-7-9-21(30-5)18(23)11-17;3-2(4,5)1(6)7/h6-11,14-15,24H,12-13H2,1-5H3,(H,26,27);(H,6,7). The highest BCUT2D eigenvalue weighted by Gasteiger charge is 2.38. The van der Waals surface area contributed by atoms with Crippen LogP contribution in [0.1, 0.15) is 38.1 Å². The van der Waals surface area contributed by atoms with E-state index in [9.17, 15) is 31.5 Å². The highest BCUT2D eigenvalue weighted by Crippen LogP contribution is 2.33. The number of methoxy groups -OCH3 is 1. The number of alkyl halides is 3. The van der Waals surface area contributed by atoms with Crippen LogP contribution < -0.4 is 14.4 Å². The Morgan fingerprint density at radius 3 is 1.95 bits per heavy atom. The van der Waals surface area contributed by atoms with Gasteiger partial charge in [-0.2, -0.15) is 13.2 Å². The zero-order valence-electron chi connectivity index (χ0n) is 21.3.